The van der Waals surface area contributed by atoms with Crippen LogP contribution in [-0.2, 0) is 4.74 Å². The summed E-state index contributed by atoms with van der Waals surface area (Å²) >= 11 is 5.22. The van der Waals surface area contributed by atoms with Gasteiger partial charge in [-0.1, -0.05) is 13.8 Å². The molecule has 4 heteroatoms. The van der Waals surface area contributed by atoms with Crippen LogP contribution in [0.25, 0.3) is 0 Å². The molecular weight excluding hydrogens is 208 g/mol. The van der Waals surface area contributed by atoms with Crippen LogP contribution in [0.4, 0.5) is 0 Å². The molecule has 1 heterocycles. The van der Waals surface area contributed by atoms with Crippen molar-refractivity contribution >= 4 is 17.3 Å². The van der Waals surface area contributed by atoms with Crippen LogP contribution < -0.4 is 10.6 Å². The fourth-order valence-electron chi connectivity index (χ4n) is 1.74. The van der Waals surface area contributed by atoms with Gasteiger partial charge in [-0.25, -0.2) is 0 Å². The monoisotopic (exact) mass is 230 g/mol. The third-order valence-corrected chi connectivity index (χ3v) is 3.10. The number of nitrogens with one attached hydrogen (secondary N) is 2. The molecule has 0 radical (unpaired) electrons. The van der Waals surface area contributed by atoms with Gasteiger partial charge in [0, 0.05) is 19.2 Å². The Morgan fingerprint density at radius 2 is 2.20 bits per heavy atom. The zero-order valence-corrected chi connectivity index (χ0v) is 10.5. The molecule has 2 N–H and O–H groups in total. The first-order valence-corrected chi connectivity index (χ1v) is 6.33. The molecule has 3 nitrogen and oxygen atoms in total. The highest BCUT2D eigenvalue weighted by atomic mass is 32.1. The van der Waals surface area contributed by atoms with E-state index in [1.807, 2.05) is 0 Å². The highest BCUT2D eigenvalue weighted by molar-refractivity contribution is 7.80. The Morgan fingerprint density at radius 3 is 2.73 bits per heavy atom. The van der Waals surface area contributed by atoms with Gasteiger partial charge in [-0.2, -0.15) is 0 Å². The van der Waals surface area contributed by atoms with E-state index in [1.165, 1.54) is 6.42 Å². The van der Waals surface area contributed by atoms with Crippen molar-refractivity contribution in [2.45, 2.75) is 51.7 Å². The molecule has 1 aliphatic rings. The summed E-state index contributed by atoms with van der Waals surface area (Å²) < 4.78 is 5.51. The molecule has 0 aromatic rings. The minimum Gasteiger partial charge on any atom is -0.376 e. The summed E-state index contributed by atoms with van der Waals surface area (Å²) in [5.41, 5.74) is 0. The molecule has 0 aromatic heterocycles. The van der Waals surface area contributed by atoms with Gasteiger partial charge >= 0.3 is 0 Å². The van der Waals surface area contributed by atoms with Gasteiger partial charge in [-0.3, -0.25) is 0 Å². The molecule has 0 spiro atoms. The number of hydrogen-bond acceptors (Lipinski definition) is 2. The van der Waals surface area contributed by atoms with Crippen LogP contribution in [0.15, 0.2) is 0 Å². The van der Waals surface area contributed by atoms with E-state index in [2.05, 4.69) is 24.5 Å². The van der Waals surface area contributed by atoms with Crippen LogP contribution in [0.2, 0.25) is 0 Å². The second-order valence-electron chi connectivity index (χ2n) is 4.00. The Bertz CT molecular complexity index is 189. The number of rotatable bonds is 5. The first-order chi connectivity index (χ1) is 7.26. The van der Waals surface area contributed by atoms with Crippen molar-refractivity contribution in [1.29, 1.82) is 0 Å². The number of ether oxygens (including phenoxy) is 1. The zero-order valence-electron chi connectivity index (χ0n) is 9.71. The first-order valence-electron chi connectivity index (χ1n) is 5.92. The standard InChI is InChI=1S/C11H22N2OS/c1-3-9(4-2)13-11(15)12-8-10-6-5-7-14-10/h9-10H,3-8H2,1-2H3,(H2,12,13,15). The molecule has 1 unspecified atom stereocenters. The lowest BCUT2D eigenvalue weighted by Gasteiger charge is -2.19. The maximum atomic E-state index is 5.51. The van der Waals surface area contributed by atoms with Crippen LogP contribution in [0.5, 0.6) is 0 Å². The molecule has 1 saturated heterocycles. The molecule has 0 bridgehead atoms. The molecule has 1 fully saturated rings. The molecule has 88 valence electrons. The summed E-state index contributed by atoms with van der Waals surface area (Å²) in [7, 11) is 0. The number of thiocarbonyl (C=S) groups is 1. The highest BCUT2D eigenvalue weighted by Crippen LogP contribution is 2.10. The summed E-state index contributed by atoms with van der Waals surface area (Å²) in [6, 6.07) is 0.495. The lowest BCUT2D eigenvalue weighted by atomic mass is 10.2. The molecule has 0 saturated carbocycles. The van der Waals surface area contributed by atoms with Crippen molar-refractivity contribution in [3.8, 4) is 0 Å². The summed E-state index contributed by atoms with van der Waals surface area (Å²) in [6.45, 7) is 6.08. The minimum atomic E-state index is 0.353. The van der Waals surface area contributed by atoms with Crippen molar-refractivity contribution in [2.75, 3.05) is 13.2 Å². The van der Waals surface area contributed by atoms with Gasteiger partial charge < -0.3 is 15.4 Å². The van der Waals surface area contributed by atoms with E-state index in [4.69, 9.17) is 17.0 Å². The molecule has 0 aromatic carbocycles. The van der Waals surface area contributed by atoms with E-state index in [0.717, 1.165) is 37.5 Å². The maximum absolute atomic E-state index is 5.51. The smallest absolute Gasteiger partial charge is 0.166 e. The fraction of sp³-hybridized carbons (Fsp3) is 0.909. The lowest BCUT2D eigenvalue weighted by Crippen LogP contribution is -2.43. The van der Waals surface area contributed by atoms with Crippen LogP contribution in [-0.4, -0.2) is 30.4 Å². The molecule has 1 aliphatic heterocycles. The fourth-order valence-corrected chi connectivity index (χ4v) is 1.99. The zero-order chi connectivity index (χ0) is 11.1. The van der Waals surface area contributed by atoms with Crippen LogP contribution in [0.1, 0.15) is 39.5 Å². The normalized spacial score (nSPS) is 20.6. The van der Waals surface area contributed by atoms with Crippen molar-refractivity contribution < 1.29 is 4.74 Å². The molecular formula is C11H22N2OS. The summed E-state index contributed by atoms with van der Waals surface area (Å²) in [4.78, 5) is 0. The van der Waals surface area contributed by atoms with Crippen molar-refractivity contribution in [3.63, 3.8) is 0 Å². The summed E-state index contributed by atoms with van der Waals surface area (Å²) in [6.07, 6.45) is 4.90. The van der Waals surface area contributed by atoms with Crippen LogP contribution in [0.3, 0.4) is 0 Å². The lowest BCUT2D eigenvalue weighted by molar-refractivity contribution is 0.114. The van der Waals surface area contributed by atoms with E-state index in [-0.39, 0.29) is 0 Å². The third-order valence-electron chi connectivity index (χ3n) is 2.84. The third kappa shape index (κ3) is 4.80. The van der Waals surface area contributed by atoms with E-state index in [0.29, 0.717) is 12.1 Å². The quantitative estimate of drug-likeness (QED) is 0.706. The Balaban J connectivity index is 2.11. The topological polar surface area (TPSA) is 33.3 Å². The van der Waals surface area contributed by atoms with E-state index in [9.17, 15) is 0 Å². The Kier molecular flexibility index (Phi) is 5.95. The second kappa shape index (κ2) is 7.01. The van der Waals surface area contributed by atoms with E-state index < -0.39 is 0 Å². The molecule has 1 atom stereocenters. The van der Waals surface area contributed by atoms with Crippen molar-refractivity contribution in [3.05, 3.63) is 0 Å². The first kappa shape index (κ1) is 12.7. The summed E-state index contributed by atoms with van der Waals surface area (Å²) in [5, 5.41) is 7.29. The van der Waals surface area contributed by atoms with Crippen molar-refractivity contribution in [2.24, 2.45) is 0 Å². The predicted molar refractivity (Wildman–Crippen MR) is 67.1 cm³/mol. The molecule has 0 aliphatic carbocycles. The van der Waals surface area contributed by atoms with Gasteiger partial charge in [0.15, 0.2) is 5.11 Å². The van der Waals surface area contributed by atoms with Gasteiger partial charge in [0.2, 0.25) is 0 Å². The van der Waals surface area contributed by atoms with Crippen LogP contribution >= 0.6 is 12.2 Å². The molecule has 15 heavy (non-hydrogen) atoms. The largest absolute Gasteiger partial charge is 0.376 e. The average molecular weight is 230 g/mol. The van der Waals surface area contributed by atoms with Crippen molar-refractivity contribution in [1.82, 2.24) is 10.6 Å². The van der Waals surface area contributed by atoms with Gasteiger partial charge in [0.25, 0.3) is 0 Å². The van der Waals surface area contributed by atoms with Gasteiger partial charge in [-0.05, 0) is 37.9 Å². The predicted octanol–water partition coefficient (Wildman–Crippen LogP) is 1.82. The number of hydrogen-bond donors (Lipinski definition) is 2. The highest BCUT2D eigenvalue weighted by Gasteiger charge is 2.15. The van der Waals surface area contributed by atoms with Crippen LogP contribution in [0, 0.1) is 0 Å². The Morgan fingerprint density at radius 1 is 1.47 bits per heavy atom. The molecule has 0 amide bonds. The Hall–Kier alpha value is -0.350. The van der Waals surface area contributed by atoms with E-state index >= 15 is 0 Å². The van der Waals surface area contributed by atoms with Gasteiger partial charge in [-0.15, -0.1) is 0 Å². The van der Waals surface area contributed by atoms with E-state index in [1.54, 1.807) is 0 Å². The minimum absolute atomic E-state index is 0.353. The SMILES string of the molecule is CCC(CC)NC(=S)NCC1CCCO1. The van der Waals surface area contributed by atoms with Gasteiger partial charge in [0.05, 0.1) is 6.10 Å². The maximum Gasteiger partial charge on any atom is 0.166 e. The molecule has 1 rings (SSSR count). The van der Waals surface area contributed by atoms with Gasteiger partial charge in [0.1, 0.15) is 0 Å². The Labute approximate surface area is 98.0 Å². The average Bonchev–Trinajstić information content (AvgIpc) is 2.75. The summed E-state index contributed by atoms with van der Waals surface area (Å²) in [5.74, 6) is 0. The second-order valence-corrected chi connectivity index (χ2v) is 4.41.